The Morgan fingerprint density at radius 2 is 2.05 bits per heavy atom. The molecule has 1 aliphatic rings. The quantitative estimate of drug-likeness (QED) is 0.906. The van der Waals surface area contributed by atoms with Gasteiger partial charge in [-0.15, -0.1) is 0 Å². The lowest BCUT2D eigenvalue weighted by Crippen LogP contribution is -2.50. The van der Waals surface area contributed by atoms with Crippen molar-refractivity contribution in [3.63, 3.8) is 0 Å². The van der Waals surface area contributed by atoms with Crippen LogP contribution in [0.4, 0.5) is 0 Å². The first-order valence-electron chi connectivity index (χ1n) is 7.86. The van der Waals surface area contributed by atoms with E-state index in [2.05, 4.69) is 19.2 Å². The first-order valence-corrected chi connectivity index (χ1v) is 7.86. The first kappa shape index (κ1) is 15.8. The van der Waals surface area contributed by atoms with Gasteiger partial charge in [0, 0.05) is 24.7 Å². The number of amides is 1. The number of methoxy groups -OCH3 is 1. The second-order valence-corrected chi connectivity index (χ2v) is 5.60. The van der Waals surface area contributed by atoms with Gasteiger partial charge in [0.2, 0.25) is 0 Å². The van der Waals surface area contributed by atoms with Crippen LogP contribution in [-0.4, -0.2) is 43.6 Å². The molecule has 0 spiro atoms. The molecule has 1 aromatic carbocycles. The van der Waals surface area contributed by atoms with Gasteiger partial charge in [0.15, 0.2) is 0 Å². The van der Waals surface area contributed by atoms with Gasteiger partial charge >= 0.3 is 0 Å². The van der Waals surface area contributed by atoms with Crippen molar-refractivity contribution in [2.24, 2.45) is 5.92 Å². The fourth-order valence-electron chi connectivity index (χ4n) is 3.08. The molecular weight excluding hydrogens is 264 g/mol. The third kappa shape index (κ3) is 3.76. The maximum Gasteiger partial charge on any atom is 0.253 e. The molecule has 21 heavy (non-hydrogen) atoms. The Kier molecular flexibility index (Phi) is 5.62. The summed E-state index contributed by atoms with van der Waals surface area (Å²) in [4.78, 5) is 14.6. The molecule has 2 unspecified atom stereocenters. The van der Waals surface area contributed by atoms with Crippen LogP contribution < -0.4 is 10.1 Å². The zero-order valence-corrected chi connectivity index (χ0v) is 13.3. The van der Waals surface area contributed by atoms with Crippen molar-refractivity contribution in [1.82, 2.24) is 10.2 Å². The van der Waals surface area contributed by atoms with Crippen molar-refractivity contribution >= 4 is 5.91 Å². The third-order valence-corrected chi connectivity index (χ3v) is 4.35. The van der Waals surface area contributed by atoms with Crippen molar-refractivity contribution < 1.29 is 9.53 Å². The van der Waals surface area contributed by atoms with Crippen LogP contribution in [0.15, 0.2) is 24.3 Å². The van der Waals surface area contributed by atoms with Crippen LogP contribution in [0.2, 0.25) is 0 Å². The third-order valence-electron chi connectivity index (χ3n) is 4.35. The first-order chi connectivity index (χ1) is 10.2. The van der Waals surface area contributed by atoms with Gasteiger partial charge in [0.25, 0.3) is 5.91 Å². The second kappa shape index (κ2) is 7.46. The zero-order valence-electron chi connectivity index (χ0n) is 13.3. The van der Waals surface area contributed by atoms with Crippen molar-refractivity contribution in [2.45, 2.75) is 32.7 Å². The van der Waals surface area contributed by atoms with E-state index < -0.39 is 0 Å². The number of rotatable bonds is 5. The minimum atomic E-state index is 0.131. The van der Waals surface area contributed by atoms with E-state index in [4.69, 9.17) is 4.74 Å². The molecule has 0 bridgehead atoms. The largest absolute Gasteiger partial charge is 0.497 e. The summed E-state index contributed by atoms with van der Waals surface area (Å²) in [5.74, 6) is 1.45. The maximum absolute atomic E-state index is 12.6. The summed E-state index contributed by atoms with van der Waals surface area (Å²) in [6.45, 7) is 7.02. The number of ether oxygens (including phenoxy) is 1. The molecule has 2 atom stereocenters. The lowest BCUT2D eigenvalue weighted by molar-refractivity contribution is 0.0628. The molecule has 0 radical (unpaired) electrons. The minimum absolute atomic E-state index is 0.131. The highest BCUT2D eigenvalue weighted by Gasteiger charge is 2.30. The Balaban J connectivity index is 2.02. The highest BCUT2D eigenvalue weighted by Crippen LogP contribution is 2.22. The van der Waals surface area contributed by atoms with Gasteiger partial charge in [0.05, 0.1) is 7.11 Å². The Bertz CT molecular complexity index is 458. The molecule has 1 aromatic rings. The number of carbonyl (C=O) groups is 1. The predicted octanol–water partition coefficient (Wildman–Crippen LogP) is 2.55. The van der Waals surface area contributed by atoms with E-state index in [1.807, 2.05) is 29.2 Å². The molecule has 0 saturated carbocycles. The predicted molar refractivity (Wildman–Crippen MR) is 84.8 cm³/mol. The van der Waals surface area contributed by atoms with Crippen LogP contribution in [0, 0.1) is 5.92 Å². The van der Waals surface area contributed by atoms with Gasteiger partial charge in [-0.1, -0.05) is 20.3 Å². The lowest BCUT2D eigenvalue weighted by Gasteiger charge is -2.38. The standard InChI is InChI=1S/C17H26N2O2/c1-4-13-12-19(11-10-16(13)18-5-2)17(20)14-6-8-15(21-3)9-7-14/h6-9,13,16,18H,4-5,10-12H2,1-3H3. The smallest absolute Gasteiger partial charge is 0.253 e. The summed E-state index contributed by atoms with van der Waals surface area (Å²) >= 11 is 0. The number of carbonyl (C=O) groups excluding carboxylic acids is 1. The van der Waals surface area contributed by atoms with Crippen LogP contribution in [0.1, 0.15) is 37.0 Å². The average Bonchev–Trinajstić information content (AvgIpc) is 2.55. The van der Waals surface area contributed by atoms with Crippen LogP contribution in [0.5, 0.6) is 5.75 Å². The summed E-state index contributed by atoms with van der Waals surface area (Å²) in [5, 5.41) is 3.55. The molecule has 0 aromatic heterocycles. The highest BCUT2D eigenvalue weighted by atomic mass is 16.5. The van der Waals surface area contributed by atoms with E-state index in [1.54, 1.807) is 7.11 Å². The zero-order chi connectivity index (χ0) is 15.2. The van der Waals surface area contributed by atoms with E-state index in [-0.39, 0.29) is 5.91 Å². The number of likely N-dealkylation sites (tertiary alicyclic amines) is 1. The van der Waals surface area contributed by atoms with Gasteiger partial charge in [-0.05, 0) is 43.1 Å². The van der Waals surface area contributed by atoms with Crippen LogP contribution in [0.3, 0.4) is 0 Å². The molecule has 1 N–H and O–H groups in total. The van der Waals surface area contributed by atoms with Gasteiger partial charge in [-0.3, -0.25) is 4.79 Å². The number of hydrogen-bond acceptors (Lipinski definition) is 3. The van der Waals surface area contributed by atoms with Crippen LogP contribution in [0.25, 0.3) is 0 Å². The Labute approximate surface area is 127 Å². The SMILES string of the molecule is CCNC1CCN(C(=O)c2ccc(OC)cc2)CC1CC. The number of nitrogens with zero attached hydrogens (tertiary/aromatic N) is 1. The molecule has 1 amide bonds. The monoisotopic (exact) mass is 290 g/mol. The molecule has 0 aliphatic carbocycles. The summed E-state index contributed by atoms with van der Waals surface area (Å²) in [6.07, 6.45) is 2.14. The molecule has 1 saturated heterocycles. The summed E-state index contributed by atoms with van der Waals surface area (Å²) < 4.78 is 5.14. The molecule has 4 nitrogen and oxygen atoms in total. The number of nitrogens with one attached hydrogen (secondary N) is 1. The minimum Gasteiger partial charge on any atom is -0.497 e. The Morgan fingerprint density at radius 3 is 2.62 bits per heavy atom. The van der Waals surface area contributed by atoms with Gasteiger partial charge in [-0.2, -0.15) is 0 Å². The molecule has 116 valence electrons. The summed E-state index contributed by atoms with van der Waals surface area (Å²) in [5.41, 5.74) is 0.743. The Morgan fingerprint density at radius 1 is 1.33 bits per heavy atom. The van der Waals surface area contributed by atoms with Crippen LogP contribution >= 0.6 is 0 Å². The molecule has 1 heterocycles. The number of hydrogen-bond donors (Lipinski definition) is 1. The van der Waals surface area contributed by atoms with Gasteiger partial charge in [-0.25, -0.2) is 0 Å². The van der Waals surface area contributed by atoms with E-state index in [9.17, 15) is 4.79 Å². The van der Waals surface area contributed by atoms with E-state index in [0.29, 0.717) is 12.0 Å². The molecule has 4 heteroatoms. The van der Waals surface area contributed by atoms with Crippen LogP contribution in [-0.2, 0) is 0 Å². The van der Waals surface area contributed by atoms with E-state index in [0.717, 1.165) is 43.8 Å². The summed E-state index contributed by atoms with van der Waals surface area (Å²) in [6, 6.07) is 7.92. The van der Waals surface area contributed by atoms with Crippen molar-refractivity contribution in [3.8, 4) is 5.75 Å². The lowest BCUT2D eigenvalue weighted by atomic mass is 9.89. The number of benzene rings is 1. The van der Waals surface area contributed by atoms with Gasteiger partial charge in [0.1, 0.15) is 5.75 Å². The maximum atomic E-state index is 12.6. The normalized spacial score (nSPS) is 22.1. The van der Waals surface area contributed by atoms with E-state index >= 15 is 0 Å². The van der Waals surface area contributed by atoms with Gasteiger partial charge < -0.3 is 15.0 Å². The topological polar surface area (TPSA) is 41.6 Å². The molecular formula is C17H26N2O2. The second-order valence-electron chi connectivity index (χ2n) is 5.60. The summed E-state index contributed by atoms with van der Waals surface area (Å²) in [7, 11) is 1.63. The van der Waals surface area contributed by atoms with E-state index in [1.165, 1.54) is 0 Å². The van der Waals surface area contributed by atoms with Crippen molar-refractivity contribution in [1.29, 1.82) is 0 Å². The number of piperidine rings is 1. The van der Waals surface area contributed by atoms with Crippen molar-refractivity contribution in [3.05, 3.63) is 29.8 Å². The highest BCUT2D eigenvalue weighted by molar-refractivity contribution is 5.94. The molecule has 1 aliphatic heterocycles. The van der Waals surface area contributed by atoms with Crippen molar-refractivity contribution in [2.75, 3.05) is 26.7 Å². The Hall–Kier alpha value is -1.55. The fraction of sp³-hybridized carbons (Fsp3) is 0.588. The molecule has 2 rings (SSSR count). The molecule has 1 fully saturated rings. The fourth-order valence-corrected chi connectivity index (χ4v) is 3.08. The average molecular weight is 290 g/mol.